The van der Waals surface area contributed by atoms with Crippen LogP contribution in [0.5, 0.6) is 5.75 Å². The molecular formula is C14H6Br2F3NO3S. The number of phenols is 1. The summed E-state index contributed by atoms with van der Waals surface area (Å²) in [6, 6.07) is 1.21. The summed E-state index contributed by atoms with van der Waals surface area (Å²) in [6.45, 7) is 1.62. The number of hydrogen-bond acceptors (Lipinski definition) is 5. The summed E-state index contributed by atoms with van der Waals surface area (Å²) in [4.78, 5) is 16.7. The molecule has 1 N–H and O–H groups in total. The normalized spacial score (nSPS) is 12.1. The first-order valence-electron chi connectivity index (χ1n) is 6.28. The third kappa shape index (κ3) is 2.76. The van der Waals surface area contributed by atoms with Crippen molar-refractivity contribution in [1.29, 1.82) is 0 Å². The van der Waals surface area contributed by atoms with Crippen molar-refractivity contribution in [2.24, 2.45) is 0 Å². The van der Waals surface area contributed by atoms with E-state index in [-0.39, 0.29) is 31.4 Å². The first-order chi connectivity index (χ1) is 11.1. The van der Waals surface area contributed by atoms with Gasteiger partial charge in [-0.15, -0.1) is 11.3 Å². The Morgan fingerprint density at radius 3 is 2.54 bits per heavy atom. The van der Waals surface area contributed by atoms with Crippen LogP contribution in [-0.4, -0.2) is 10.1 Å². The largest absolute Gasteiger partial charge is 0.505 e. The minimum absolute atomic E-state index is 0.0965. The van der Waals surface area contributed by atoms with E-state index in [1.165, 1.54) is 11.4 Å². The van der Waals surface area contributed by atoms with Crippen LogP contribution in [-0.2, 0) is 6.18 Å². The van der Waals surface area contributed by atoms with Crippen LogP contribution in [0.1, 0.15) is 10.8 Å². The maximum Gasteiger partial charge on any atom is 0.450 e. The number of thiazole rings is 1. The molecule has 4 nitrogen and oxygen atoms in total. The van der Waals surface area contributed by atoms with Gasteiger partial charge in [-0.1, -0.05) is 0 Å². The molecular weight excluding hydrogens is 479 g/mol. The molecule has 126 valence electrons. The smallest absolute Gasteiger partial charge is 0.450 e. The van der Waals surface area contributed by atoms with E-state index in [1.807, 2.05) is 0 Å². The topological polar surface area (TPSA) is 63.3 Å². The number of fused-ring (bicyclic) bond motifs is 1. The average Bonchev–Trinajstić information content (AvgIpc) is 2.91. The first kappa shape index (κ1) is 17.4. The zero-order valence-electron chi connectivity index (χ0n) is 11.7. The van der Waals surface area contributed by atoms with E-state index in [4.69, 9.17) is 4.42 Å². The fraction of sp³-hybridized carbons (Fsp3) is 0.143. The van der Waals surface area contributed by atoms with E-state index in [2.05, 4.69) is 36.8 Å². The standard InChI is InChI=1S/C14H6Br2F3NO3S/c1-4-20-7(3-24-4)8-10(21)5-2-6(15)11(22)9(16)12(5)23-13(8)14(17,18)19/h2-3,22H,1H3. The highest BCUT2D eigenvalue weighted by atomic mass is 79.9. The maximum atomic E-state index is 13.4. The number of rotatable bonds is 1. The number of aryl methyl sites for hydroxylation is 1. The number of alkyl halides is 3. The van der Waals surface area contributed by atoms with Crippen molar-refractivity contribution in [3.8, 4) is 17.0 Å². The summed E-state index contributed by atoms with van der Waals surface area (Å²) in [5.41, 5.74) is -2.01. The molecule has 0 unspecified atom stereocenters. The molecule has 0 radical (unpaired) electrons. The number of nitrogens with zero attached hydrogens (tertiary/aromatic N) is 1. The molecule has 0 saturated heterocycles. The molecule has 0 aliphatic heterocycles. The number of aromatic hydroxyl groups is 1. The number of phenolic OH excluding ortho intramolecular Hbond substituents is 1. The number of benzene rings is 1. The lowest BCUT2D eigenvalue weighted by Gasteiger charge is -2.13. The number of aromatic nitrogens is 1. The molecule has 10 heteroatoms. The molecule has 2 aromatic heterocycles. The Balaban J connectivity index is 2.53. The fourth-order valence-corrected chi connectivity index (χ4v) is 3.97. The second kappa shape index (κ2) is 5.85. The van der Waals surface area contributed by atoms with Gasteiger partial charge in [0, 0.05) is 5.38 Å². The molecule has 0 bridgehead atoms. The van der Waals surface area contributed by atoms with Crippen LogP contribution in [0.15, 0.2) is 29.6 Å². The number of halogens is 5. The van der Waals surface area contributed by atoms with E-state index in [1.54, 1.807) is 6.92 Å². The minimum Gasteiger partial charge on any atom is -0.505 e. The Morgan fingerprint density at radius 2 is 2.00 bits per heavy atom. The van der Waals surface area contributed by atoms with Crippen molar-refractivity contribution in [3.05, 3.63) is 41.4 Å². The van der Waals surface area contributed by atoms with Gasteiger partial charge >= 0.3 is 6.18 Å². The van der Waals surface area contributed by atoms with Crippen molar-refractivity contribution >= 4 is 54.2 Å². The zero-order chi connectivity index (χ0) is 17.8. The molecule has 24 heavy (non-hydrogen) atoms. The molecule has 0 amide bonds. The Kier molecular flexibility index (Phi) is 4.25. The molecule has 0 fully saturated rings. The van der Waals surface area contributed by atoms with Gasteiger partial charge in [0.05, 0.1) is 26.1 Å². The van der Waals surface area contributed by atoms with E-state index in [0.717, 1.165) is 11.3 Å². The lowest BCUT2D eigenvalue weighted by molar-refractivity contribution is -0.152. The summed E-state index contributed by atoms with van der Waals surface area (Å²) in [5, 5.41) is 11.6. The first-order valence-corrected chi connectivity index (χ1v) is 8.75. The SMILES string of the molecule is Cc1nc(-c2c(C(F)(F)F)oc3c(Br)c(O)c(Br)cc3c2=O)cs1. The van der Waals surface area contributed by atoms with Gasteiger partial charge in [0.25, 0.3) is 0 Å². The van der Waals surface area contributed by atoms with Gasteiger partial charge in [-0.05, 0) is 44.8 Å². The average molecular weight is 485 g/mol. The lowest BCUT2D eigenvalue weighted by Crippen LogP contribution is -2.16. The summed E-state index contributed by atoms with van der Waals surface area (Å²) in [5.74, 6) is -1.82. The van der Waals surface area contributed by atoms with Crippen molar-refractivity contribution in [2.75, 3.05) is 0 Å². The summed E-state index contributed by atoms with van der Waals surface area (Å²) in [7, 11) is 0. The molecule has 0 aliphatic carbocycles. The van der Waals surface area contributed by atoms with Crippen molar-refractivity contribution in [3.63, 3.8) is 0 Å². The van der Waals surface area contributed by atoms with Crippen LogP contribution in [0.25, 0.3) is 22.2 Å². The van der Waals surface area contributed by atoms with E-state index in [0.29, 0.717) is 5.01 Å². The van der Waals surface area contributed by atoms with Crippen LogP contribution in [0.4, 0.5) is 13.2 Å². The Labute approximate surface area is 153 Å². The predicted molar refractivity (Wildman–Crippen MR) is 90.4 cm³/mol. The van der Waals surface area contributed by atoms with Crippen molar-refractivity contribution in [2.45, 2.75) is 13.1 Å². The highest BCUT2D eigenvalue weighted by Gasteiger charge is 2.40. The third-order valence-corrected chi connectivity index (χ3v) is 5.30. The van der Waals surface area contributed by atoms with Gasteiger partial charge in [-0.2, -0.15) is 13.2 Å². The second-order valence-corrected chi connectivity index (χ2v) is 7.49. The molecule has 0 aliphatic rings. The Hall–Kier alpha value is -1.39. The quantitative estimate of drug-likeness (QED) is 0.497. The monoisotopic (exact) mass is 483 g/mol. The molecule has 3 aromatic rings. The number of hydrogen-bond donors (Lipinski definition) is 1. The van der Waals surface area contributed by atoms with Gasteiger partial charge in [0.2, 0.25) is 11.2 Å². The fourth-order valence-electron chi connectivity index (χ4n) is 2.16. The second-order valence-electron chi connectivity index (χ2n) is 4.78. The highest BCUT2D eigenvalue weighted by molar-refractivity contribution is 9.11. The summed E-state index contributed by atoms with van der Waals surface area (Å²) < 4.78 is 45.2. The van der Waals surface area contributed by atoms with Gasteiger partial charge in [-0.25, -0.2) is 4.98 Å². The summed E-state index contributed by atoms with van der Waals surface area (Å²) in [6.07, 6.45) is -4.90. The lowest BCUT2D eigenvalue weighted by atomic mass is 10.1. The highest BCUT2D eigenvalue weighted by Crippen LogP contribution is 2.42. The van der Waals surface area contributed by atoms with E-state index >= 15 is 0 Å². The van der Waals surface area contributed by atoms with Gasteiger partial charge in [0.1, 0.15) is 10.2 Å². The molecule has 0 saturated carbocycles. The molecule has 2 heterocycles. The molecule has 0 spiro atoms. The van der Waals surface area contributed by atoms with Crippen LogP contribution in [0.3, 0.4) is 0 Å². The third-order valence-electron chi connectivity index (χ3n) is 3.18. The van der Waals surface area contributed by atoms with Gasteiger partial charge in [0.15, 0.2) is 5.58 Å². The molecule has 0 atom stereocenters. The zero-order valence-corrected chi connectivity index (χ0v) is 15.7. The molecule has 1 aromatic carbocycles. The van der Waals surface area contributed by atoms with Crippen LogP contribution in [0.2, 0.25) is 0 Å². The minimum atomic E-state index is -4.90. The van der Waals surface area contributed by atoms with Gasteiger partial charge in [-0.3, -0.25) is 4.79 Å². The van der Waals surface area contributed by atoms with E-state index in [9.17, 15) is 23.1 Å². The maximum absolute atomic E-state index is 13.4. The van der Waals surface area contributed by atoms with Gasteiger partial charge < -0.3 is 9.52 Å². The Morgan fingerprint density at radius 1 is 1.33 bits per heavy atom. The van der Waals surface area contributed by atoms with E-state index < -0.39 is 22.9 Å². The predicted octanol–water partition coefficient (Wildman–Crippen LogP) is 5.47. The van der Waals surface area contributed by atoms with Crippen molar-refractivity contribution < 1.29 is 22.7 Å². The van der Waals surface area contributed by atoms with Crippen LogP contribution in [0, 0.1) is 6.92 Å². The van der Waals surface area contributed by atoms with Crippen LogP contribution >= 0.6 is 43.2 Å². The Bertz CT molecular complexity index is 1030. The van der Waals surface area contributed by atoms with Crippen LogP contribution < -0.4 is 5.43 Å². The summed E-state index contributed by atoms with van der Waals surface area (Å²) >= 11 is 7.13. The van der Waals surface area contributed by atoms with Crippen molar-refractivity contribution in [1.82, 2.24) is 4.98 Å². The molecule has 3 rings (SSSR count).